The number of rotatable bonds is 6. The van der Waals surface area contributed by atoms with Crippen LogP contribution < -0.4 is 10.1 Å². The first-order valence-electron chi connectivity index (χ1n) is 8.88. The van der Waals surface area contributed by atoms with E-state index in [0.717, 1.165) is 50.0 Å². The van der Waals surface area contributed by atoms with Gasteiger partial charge in [0.2, 0.25) is 0 Å². The number of nitrogens with one attached hydrogen (secondary N) is 1. The minimum absolute atomic E-state index is 0.370. The number of hydrogen-bond acceptors (Lipinski definition) is 3. The fourth-order valence-corrected chi connectivity index (χ4v) is 3.52. The summed E-state index contributed by atoms with van der Waals surface area (Å²) in [5, 5.41) is 14.2. The van der Waals surface area contributed by atoms with Crippen molar-refractivity contribution in [1.82, 2.24) is 5.32 Å². The first-order chi connectivity index (χ1) is 11.8. The lowest BCUT2D eigenvalue weighted by atomic mass is 10.0. The van der Waals surface area contributed by atoms with E-state index in [1.54, 1.807) is 7.11 Å². The molecular weight excluding hydrogens is 298 g/mol. The van der Waals surface area contributed by atoms with Crippen LogP contribution in [0.3, 0.4) is 0 Å². The first kappa shape index (κ1) is 17.0. The quantitative estimate of drug-likeness (QED) is 0.629. The topological polar surface area (TPSA) is 41.5 Å². The van der Waals surface area contributed by atoms with Gasteiger partial charge in [-0.1, -0.05) is 36.4 Å². The van der Waals surface area contributed by atoms with Crippen LogP contribution in [0.15, 0.2) is 48.5 Å². The zero-order chi connectivity index (χ0) is 16.8. The van der Waals surface area contributed by atoms with Gasteiger partial charge in [-0.25, -0.2) is 0 Å². The van der Waals surface area contributed by atoms with Gasteiger partial charge in [-0.15, -0.1) is 0 Å². The average molecular weight is 325 g/mol. The summed E-state index contributed by atoms with van der Waals surface area (Å²) in [5.74, 6) is 0.871. The summed E-state index contributed by atoms with van der Waals surface area (Å²) in [6.45, 7) is 0.992. The Hall–Kier alpha value is -1.84. The van der Waals surface area contributed by atoms with Crippen LogP contribution in [-0.4, -0.2) is 24.8 Å². The number of fused-ring (bicyclic) bond motifs is 1. The molecule has 1 aliphatic rings. The fourth-order valence-electron chi connectivity index (χ4n) is 3.52. The van der Waals surface area contributed by atoms with Crippen molar-refractivity contribution in [2.45, 2.75) is 44.2 Å². The van der Waals surface area contributed by atoms with Gasteiger partial charge in [-0.05, 0) is 67.5 Å². The van der Waals surface area contributed by atoms with E-state index in [-0.39, 0.29) is 6.10 Å². The van der Waals surface area contributed by atoms with E-state index in [1.807, 2.05) is 12.1 Å². The zero-order valence-electron chi connectivity index (χ0n) is 14.4. The number of benzene rings is 2. The maximum Gasteiger partial charge on any atom is 0.119 e. The molecule has 0 aromatic heterocycles. The Morgan fingerprint density at radius 1 is 1.17 bits per heavy atom. The lowest BCUT2D eigenvalue weighted by Gasteiger charge is -2.18. The van der Waals surface area contributed by atoms with E-state index in [2.05, 4.69) is 41.7 Å². The second-order valence-electron chi connectivity index (χ2n) is 6.60. The summed E-state index contributed by atoms with van der Waals surface area (Å²) in [6.07, 6.45) is 4.66. The van der Waals surface area contributed by atoms with Crippen LogP contribution in [0.25, 0.3) is 0 Å². The third-order valence-electron chi connectivity index (χ3n) is 4.90. The molecule has 0 spiro atoms. The molecule has 24 heavy (non-hydrogen) atoms. The molecule has 128 valence electrons. The van der Waals surface area contributed by atoms with Gasteiger partial charge in [-0.3, -0.25) is 0 Å². The smallest absolute Gasteiger partial charge is 0.119 e. The van der Waals surface area contributed by atoms with Crippen molar-refractivity contribution in [2.75, 3.05) is 13.7 Å². The zero-order valence-corrected chi connectivity index (χ0v) is 14.4. The Balaban J connectivity index is 1.50. The number of ether oxygens (including phenoxy) is 1. The van der Waals surface area contributed by atoms with Gasteiger partial charge in [0.05, 0.1) is 13.2 Å². The molecule has 0 aliphatic heterocycles. The molecule has 3 rings (SSSR count). The van der Waals surface area contributed by atoms with Crippen molar-refractivity contribution >= 4 is 0 Å². The third kappa shape index (κ3) is 4.37. The highest BCUT2D eigenvalue weighted by Crippen LogP contribution is 2.31. The molecule has 0 bridgehead atoms. The highest BCUT2D eigenvalue weighted by Gasteiger charge is 2.22. The van der Waals surface area contributed by atoms with Gasteiger partial charge in [-0.2, -0.15) is 0 Å². The molecule has 0 fully saturated rings. The van der Waals surface area contributed by atoms with E-state index in [1.165, 1.54) is 11.1 Å². The predicted octanol–water partition coefficient (Wildman–Crippen LogP) is 3.66. The van der Waals surface area contributed by atoms with Gasteiger partial charge in [0, 0.05) is 6.04 Å². The lowest BCUT2D eigenvalue weighted by molar-refractivity contribution is 0.153. The first-order valence-corrected chi connectivity index (χ1v) is 8.88. The molecule has 2 aromatic carbocycles. The molecule has 0 saturated heterocycles. The van der Waals surface area contributed by atoms with Gasteiger partial charge >= 0.3 is 0 Å². The summed E-state index contributed by atoms with van der Waals surface area (Å²) in [4.78, 5) is 0. The molecule has 0 saturated carbocycles. The minimum atomic E-state index is -0.389. The second kappa shape index (κ2) is 8.32. The molecule has 3 nitrogen and oxygen atoms in total. The van der Waals surface area contributed by atoms with Crippen molar-refractivity contribution in [2.24, 2.45) is 0 Å². The number of methoxy groups -OCH3 is 1. The van der Waals surface area contributed by atoms with Gasteiger partial charge in [0.15, 0.2) is 0 Å². The standard InChI is InChI=1S/C21H27NO2/c1-24-19-11-12-20-17(14-19)9-10-18(15-21(20)23)22-13-5-8-16-6-3-2-4-7-16/h2-4,6-7,11-12,14,18,21-23H,5,8-10,13,15H2,1H3/t18-,21-/m1/s1. The monoisotopic (exact) mass is 325 g/mol. The van der Waals surface area contributed by atoms with Crippen LogP contribution in [0.1, 0.15) is 42.1 Å². The fraction of sp³-hybridized carbons (Fsp3) is 0.429. The van der Waals surface area contributed by atoms with Crippen LogP contribution >= 0.6 is 0 Å². The van der Waals surface area contributed by atoms with Crippen molar-refractivity contribution in [1.29, 1.82) is 0 Å². The van der Waals surface area contributed by atoms with Crippen molar-refractivity contribution in [3.8, 4) is 5.75 Å². The Labute approximate surface area is 144 Å². The van der Waals surface area contributed by atoms with Crippen LogP contribution in [0.4, 0.5) is 0 Å². The molecule has 2 aromatic rings. The van der Waals surface area contributed by atoms with Gasteiger partial charge < -0.3 is 15.2 Å². The van der Waals surface area contributed by atoms with E-state index < -0.39 is 0 Å². The Morgan fingerprint density at radius 2 is 2.00 bits per heavy atom. The van der Waals surface area contributed by atoms with Crippen molar-refractivity contribution in [3.63, 3.8) is 0 Å². The van der Waals surface area contributed by atoms with Crippen molar-refractivity contribution < 1.29 is 9.84 Å². The van der Waals surface area contributed by atoms with E-state index in [0.29, 0.717) is 6.04 Å². The highest BCUT2D eigenvalue weighted by atomic mass is 16.5. The lowest BCUT2D eigenvalue weighted by Crippen LogP contribution is -2.31. The SMILES string of the molecule is COc1ccc2c(c1)CC[C@@H](NCCCc1ccccc1)C[C@H]2O. The average Bonchev–Trinajstić information content (AvgIpc) is 2.78. The Morgan fingerprint density at radius 3 is 2.79 bits per heavy atom. The molecule has 0 amide bonds. The normalized spacial score (nSPS) is 20.2. The van der Waals surface area contributed by atoms with Gasteiger partial charge in [0.25, 0.3) is 0 Å². The highest BCUT2D eigenvalue weighted by molar-refractivity contribution is 5.38. The Bertz CT molecular complexity index is 642. The third-order valence-corrected chi connectivity index (χ3v) is 4.90. The minimum Gasteiger partial charge on any atom is -0.497 e. The Kier molecular flexibility index (Phi) is 5.89. The second-order valence-corrected chi connectivity index (χ2v) is 6.60. The maximum absolute atomic E-state index is 10.5. The van der Waals surface area contributed by atoms with Crippen LogP contribution in [0, 0.1) is 0 Å². The molecule has 0 radical (unpaired) electrons. The van der Waals surface area contributed by atoms with Crippen LogP contribution in [0.2, 0.25) is 0 Å². The molecular formula is C21H27NO2. The summed E-state index contributed by atoms with van der Waals surface area (Å²) < 4.78 is 5.31. The summed E-state index contributed by atoms with van der Waals surface area (Å²) in [7, 11) is 1.69. The molecule has 3 heteroatoms. The largest absolute Gasteiger partial charge is 0.497 e. The summed E-state index contributed by atoms with van der Waals surface area (Å²) in [5.41, 5.74) is 3.67. The van der Waals surface area contributed by atoms with E-state index >= 15 is 0 Å². The number of aryl methyl sites for hydroxylation is 2. The molecule has 0 unspecified atom stereocenters. The van der Waals surface area contributed by atoms with E-state index in [4.69, 9.17) is 4.74 Å². The van der Waals surface area contributed by atoms with Gasteiger partial charge in [0.1, 0.15) is 5.75 Å². The molecule has 2 atom stereocenters. The summed E-state index contributed by atoms with van der Waals surface area (Å²) >= 11 is 0. The number of hydrogen-bond donors (Lipinski definition) is 2. The van der Waals surface area contributed by atoms with Crippen LogP contribution in [-0.2, 0) is 12.8 Å². The van der Waals surface area contributed by atoms with E-state index in [9.17, 15) is 5.11 Å². The summed E-state index contributed by atoms with van der Waals surface area (Å²) in [6, 6.07) is 17.0. The van der Waals surface area contributed by atoms with Crippen LogP contribution in [0.5, 0.6) is 5.75 Å². The number of aliphatic hydroxyl groups excluding tert-OH is 1. The molecule has 1 aliphatic carbocycles. The predicted molar refractivity (Wildman–Crippen MR) is 97.4 cm³/mol. The van der Waals surface area contributed by atoms with Crippen molar-refractivity contribution in [3.05, 3.63) is 65.2 Å². The maximum atomic E-state index is 10.5. The molecule has 2 N–H and O–H groups in total. The molecule has 0 heterocycles. The number of aliphatic hydroxyl groups is 1.